The molecule has 120 valence electrons. The van der Waals surface area contributed by atoms with Gasteiger partial charge in [0.15, 0.2) is 5.78 Å². The van der Waals surface area contributed by atoms with Gasteiger partial charge in [0.1, 0.15) is 0 Å². The summed E-state index contributed by atoms with van der Waals surface area (Å²) in [6.45, 7) is 0. The number of carbonyl (C=O) groups is 1. The third-order valence-electron chi connectivity index (χ3n) is 4.18. The maximum absolute atomic E-state index is 12.5. The van der Waals surface area contributed by atoms with E-state index in [0.29, 0.717) is 16.8 Å². The largest absolute Gasteiger partial charge is 0.289 e. The molecule has 0 atom stereocenters. The smallest absolute Gasteiger partial charge is 0.269 e. The summed E-state index contributed by atoms with van der Waals surface area (Å²) in [5, 5.41) is 10.7. The van der Waals surface area contributed by atoms with Crippen LogP contribution in [-0.2, 0) is 0 Å². The van der Waals surface area contributed by atoms with Crippen LogP contribution in [0.5, 0.6) is 0 Å². The third kappa shape index (κ3) is 2.52. The molecule has 0 amide bonds. The first kappa shape index (κ1) is 15.0. The lowest BCUT2D eigenvalue weighted by molar-refractivity contribution is -0.384. The molecule has 0 saturated heterocycles. The Morgan fingerprint density at radius 1 is 0.840 bits per heavy atom. The third-order valence-corrected chi connectivity index (χ3v) is 4.18. The average molecular weight is 328 g/mol. The summed E-state index contributed by atoms with van der Waals surface area (Å²) in [5.41, 5.74) is 4.56. The number of fused-ring (bicyclic) bond motifs is 3. The molecule has 5 nitrogen and oxygen atoms in total. The number of hydrogen-bond donors (Lipinski definition) is 0. The number of non-ortho nitro benzene ring substituents is 1. The van der Waals surface area contributed by atoms with Gasteiger partial charge >= 0.3 is 0 Å². The van der Waals surface area contributed by atoms with E-state index in [4.69, 9.17) is 0 Å². The maximum Gasteiger partial charge on any atom is 0.269 e. The molecule has 0 heterocycles. The highest BCUT2D eigenvalue weighted by molar-refractivity contribution is 6.23. The Balaban J connectivity index is 1.74. The second kappa shape index (κ2) is 5.79. The Labute approximate surface area is 143 Å². The lowest BCUT2D eigenvalue weighted by atomic mass is 10.0. The molecule has 0 aromatic heterocycles. The molecule has 25 heavy (non-hydrogen) atoms. The SMILES string of the molecule is O=C1c2ccccc2-c2c(N=Cc3ccc([N+](=O)[O-])cc3)cccc21. The van der Waals surface area contributed by atoms with Crippen molar-refractivity contribution in [2.45, 2.75) is 0 Å². The number of carbonyl (C=O) groups excluding carboxylic acids is 1. The number of nitro groups is 1. The molecule has 4 rings (SSSR count). The number of rotatable bonds is 3. The Morgan fingerprint density at radius 2 is 1.52 bits per heavy atom. The van der Waals surface area contributed by atoms with Crippen LogP contribution < -0.4 is 0 Å². The number of nitrogens with zero attached hydrogens (tertiary/aromatic N) is 2. The maximum atomic E-state index is 12.5. The van der Waals surface area contributed by atoms with E-state index in [1.165, 1.54) is 12.1 Å². The molecular weight excluding hydrogens is 316 g/mol. The van der Waals surface area contributed by atoms with Crippen LogP contribution in [0.4, 0.5) is 11.4 Å². The van der Waals surface area contributed by atoms with E-state index in [1.807, 2.05) is 42.5 Å². The van der Waals surface area contributed by atoms with Gasteiger partial charge in [0.25, 0.3) is 5.69 Å². The van der Waals surface area contributed by atoms with Crippen molar-refractivity contribution in [2.24, 2.45) is 4.99 Å². The molecule has 1 aliphatic carbocycles. The van der Waals surface area contributed by atoms with Gasteiger partial charge in [0.05, 0.1) is 10.6 Å². The predicted molar refractivity (Wildman–Crippen MR) is 95.7 cm³/mol. The molecule has 1 aliphatic rings. The summed E-state index contributed by atoms with van der Waals surface area (Å²) in [4.78, 5) is 27.3. The molecule has 3 aromatic carbocycles. The summed E-state index contributed by atoms with van der Waals surface area (Å²) in [7, 11) is 0. The molecule has 3 aromatic rings. The van der Waals surface area contributed by atoms with Crippen molar-refractivity contribution in [3.8, 4) is 11.1 Å². The van der Waals surface area contributed by atoms with Crippen molar-refractivity contribution < 1.29 is 9.72 Å². The number of nitro benzene ring substituents is 1. The van der Waals surface area contributed by atoms with E-state index in [9.17, 15) is 14.9 Å². The summed E-state index contributed by atoms with van der Waals surface area (Å²) in [5.74, 6) is 0.0120. The molecule has 0 spiro atoms. The van der Waals surface area contributed by atoms with Crippen molar-refractivity contribution in [1.29, 1.82) is 0 Å². The van der Waals surface area contributed by atoms with Crippen molar-refractivity contribution in [2.75, 3.05) is 0 Å². The van der Waals surface area contributed by atoms with Crippen LogP contribution in [0.3, 0.4) is 0 Å². The zero-order valence-electron chi connectivity index (χ0n) is 13.0. The number of ketones is 1. The number of benzene rings is 3. The van der Waals surface area contributed by atoms with Crippen molar-refractivity contribution in [3.63, 3.8) is 0 Å². The van der Waals surface area contributed by atoms with E-state index in [-0.39, 0.29) is 11.5 Å². The van der Waals surface area contributed by atoms with Crippen LogP contribution in [0.1, 0.15) is 21.5 Å². The van der Waals surface area contributed by atoms with Crippen LogP contribution >= 0.6 is 0 Å². The fourth-order valence-corrected chi connectivity index (χ4v) is 2.99. The topological polar surface area (TPSA) is 72.6 Å². The first-order chi connectivity index (χ1) is 12.1. The summed E-state index contributed by atoms with van der Waals surface area (Å²) in [6, 6.07) is 19.1. The summed E-state index contributed by atoms with van der Waals surface area (Å²) < 4.78 is 0. The summed E-state index contributed by atoms with van der Waals surface area (Å²) >= 11 is 0. The lowest BCUT2D eigenvalue weighted by Gasteiger charge is -2.04. The van der Waals surface area contributed by atoms with E-state index in [0.717, 1.165) is 16.7 Å². The zero-order valence-corrected chi connectivity index (χ0v) is 13.0. The van der Waals surface area contributed by atoms with Crippen LogP contribution in [-0.4, -0.2) is 16.9 Å². The molecule has 0 bridgehead atoms. The zero-order chi connectivity index (χ0) is 17.4. The fourth-order valence-electron chi connectivity index (χ4n) is 2.99. The number of hydrogen-bond acceptors (Lipinski definition) is 4. The van der Waals surface area contributed by atoms with Crippen LogP contribution in [0, 0.1) is 10.1 Å². The van der Waals surface area contributed by atoms with Crippen molar-refractivity contribution in [3.05, 3.63) is 93.5 Å². The van der Waals surface area contributed by atoms with E-state index >= 15 is 0 Å². The Bertz CT molecular complexity index is 1040. The molecule has 0 N–H and O–H groups in total. The first-order valence-corrected chi connectivity index (χ1v) is 7.71. The predicted octanol–water partition coefficient (Wildman–Crippen LogP) is 4.56. The van der Waals surface area contributed by atoms with Crippen LogP contribution in [0.2, 0.25) is 0 Å². The normalized spacial score (nSPS) is 12.2. The number of aliphatic imine (C=N–C) groups is 1. The molecule has 0 saturated carbocycles. The minimum Gasteiger partial charge on any atom is -0.289 e. The standard InChI is InChI=1S/C20H12N2O3/c23-20-16-5-2-1-4-15(16)19-17(20)6-3-7-18(19)21-12-13-8-10-14(11-9-13)22(24)25/h1-12H. The highest BCUT2D eigenvalue weighted by Gasteiger charge is 2.27. The fraction of sp³-hybridized carbons (Fsp3) is 0. The van der Waals surface area contributed by atoms with E-state index in [2.05, 4.69) is 4.99 Å². The van der Waals surface area contributed by atoms with Crippen LogP contribution in [0.25, 0.3) is 11.1 Å². The Hall–Kier alpha value is -3.60. The Kier molecular flexibility index (Phi) is 3.47. The molecular formula is C20H12N2O3. The highest BCUT2D eigenvalue weighted by Crippen LogP contribution is 2.42. The van der Waals surface area contributed by atoms with Gasteiger partial charge in [-0.1, -0.05) is 36.4 Å². The average Bonchev–Trinajstić information content (AvgIpc) is 2.94. The molecule has 5 heteroatoms. The highest BCUT2D eigenvalue weighted by atomic mass is 16.6. The van der Waals surface area contributed by atoms with Gasteiger partial charge in [-0.05, 0) is 29.3 Å². The minimum atomic E-state index is -0.437. The quantitative estimate of drug-likeness (QED) is 0.314. The molecule has 0 radical (unpaired) electrons. The second-order valence-corrected chi connectivity index (χ2v) is 5.68. The summed E-state index contributed by atoms with van der Waals surface area (Å²) in [6.07, 6.45) is 1.64. The minimum absolute atomic E-state index is 0.0120. The van der Waals surface area contributed by atoms with Gasteiger partial charge in [0, 0.05) is 35.0 Å². The van der Waals surface area contributed by atoms with Gasteiger partial charge in [-0.2, -0.15) is 0 Å². The van der Waals surface area contributed by atoms with E-state index in [1.54, 1.807) is 18.3 Å². The lowest BCUT2D eigenvalue weighted by Crippen LogP contribution is -1.93. The van der Waals surface area contributed by atoms with Gasteiger partial charge in [0.2, 0.25) is 0 Å². The van der Waals surface area contributed by atoms with E-state index < -0.39 is 4.92 Å². The molecule has 0 unspecified atom stereocenters. The van der Waals surface area contributed by atoms with Gasteiger partial charge in [-0.25, -0.2) is 0 Å². The molecule has 0 aliphatic heterocycles. The second-order valence-electron chi connectivity index (χ2n) is 5.68. The molecule has 0 fully saturated rings. The van der Waals surface area contributed by atoms with Crippen molar-refractivity contribution in [1.82, 2.24) is 0 Å². The van der Waals surface area contributed by atoms with Gasteiger partial charge in [-0.3, -0.25) is 19.9 Å². The Morgan fingerprint density at radius 3 is 2.24 bits per heavy atom. The van der Waals surface area contributed by atoms with Crippen molar-refractivity contribution >= 4 is 23.4 Å². The first-order valence-electron chi connectivity index (χ1n) is 7.71. The monoisotopic (exact) mass is 328 g/mol. The van der Waals surface area contributed by atoms with Gasteiger partial charge in [-0.15, -0.1) is 0 Å². The van der Waals surface area contributed by atoms with Gasteiger partial charge < -0.3 is 0 Å². The van der Waals surface area contributed by atoms with Crippen LogP contribution in [0.15, 0.2) is 71.7 Å².